The van der Waals surface area contributed by atoms with Crippen LogP contribution in [0.15, 0.2) is 61.3 Å². The topological polar surface area (TPSA) is 130 Å². The zero-order valence-corrected chi connectivity index (χ0v) is 22.2. The summed E-state index contributed by atoms with van der Waals surface area (Å²) >= 11 is 12.6. The van der Waals surface area contributed by atoms with Gasteiger partial charge in [-0.1, -0.05) is 41.4 Å². The Morgan fingerprint density at radius 2 is 1.85 bits per heavy atom. The average Bonchev–Trinajstić information content (AvgIpc) is 3.61. The maximum absolute atomic E-state index is 10.4. The smallest absolute Gasteiger partial charge is 0.167 e. The minimum Gasteiger partial charge on any atom is -0.394 e. The molecule has 0 spiro atoms. The molecule has 4 heterocycles. The van der Waals surface area contributed by atoms with Crippen molar-refractivity contribution < 1.29 is 20.1 Å². The van der Waals surface area contributed by atoms with Crippen LogP contribution in [0.1, 0.15) is 17.4 Å². The predicted octanol–water partition coefficient (Wildman–Crippen LogP) is 3.40. The lowest BCUT2D eigenvalue weighted by Crippen LogP contribution is -2.33. The zero-order chi connectivity index (χ0) is 27.1. The van der Waals surface area contributed by atoms with Gasteiger partial charge in [0, 0.05) is 40.2 Å². The molecule has 3 aromatic heterocycles. The van der Waals surface area contributed by atoms with E-state index < -0.39 is 31.1 Å². The van der Waals surface area contributed by atoms with Crippen molar-refractivity contribution in [3.8, 4) is 0 Å². The first-order chi connectivity index (χ1) is 18.9. The van der Waals surface area contributed by atoms with E-state index in [9.17, 15) is 15.3 Å². The molecule has 4 atom stereocenters. The van der Waals surface area contributed by atoms with Crippen molar-refractivity contribution >= 4 is 51.1 Å². The summed E-state index contributed by atoms with van der Waals surface area (Å²) in [5, 5.41) is 35.8. The molecule has 0 saturated carbocycles. The maximum atomic E-state index is 10.4. The fraction of sp³-hybridized carbons (Fsp3) is 0.296. The van der Waals surface area contributed by atoms with Crippen LogP contribution >= 0.6 is 23.2 Å². The third kappa shape index (κ3) is 4.84. The summed E-state index contributed by atoms with van der Waals surface area (Å²) < 4.78 is 9.36. The van der Waals surface area contributed by atoms with Crippen LogP contribution in [-0.2, 0) is 17.7 Å². The average molecular weight is 569 g/mol. The van der Waals surface area contributed by atoms with Crippen molar-refractivity contribution in [3.05, 3.63) is 82.5 Å². The number of aliphatic hydroxyl groups excluding tert-OH is 3. The van der Waals surface area contributed by atoms with E-state index in [-0.39, 0.29) is 0 Å². The summed E-state index contributed by atoms with van der Waals surface area (Å²) in [6, 6.07) is 13.7. The SMILES string of the molecule is OC[C@H]1O[C@@H](n2cnc3c(NCCc4cn(Cc5cc(Cl)ccc5Cl)c5ccccc45)ncnc32)[C@H](O)[C@@H]1O. The molecule has 1 aliphatic rings. The largest absolute Gasteiger partial charge is 0.394 e. The van der Waals surface area contributed by atoms with Crippen LogP contribution in [0.2, 0.25) is 10.0 Å². The first-order valence-corrected chi connectivity index (χ1v) is 13.2. The van der Waals surface area contributed by atoms with Gasteiger partial charge in [0.05, 0.1) is 12.9 Å². The molecule has 1 saturated heterocycles. The first kappa shape index (κ1) is 26.0. The molecule has 5 aromatic rings. The number of rotatable bonds is 8. The first-order valence-electron chi connectivity index (χ1n) is 12.5. The second-order valence-corrected chi connectivity index (χ2v) is 10.3. The summed E-state index contributed by atoms with van der Waals surface area (Å²) in [6.07, 6.45) is 1.49. The molecule has 4 N–H and O–H groups in total. The van der Waals surface area contributed by atoms with Crippen molar-refractivity contribution in [1.29, 1.82) is 0 Å². The van der Waals surface area contributed by atoms with E-state index in [0.29, 0.717) is 40.1 Å². The third-order valence-electron chi connectivity index (χ3n) is 7.06. The van der Waals surface area contributed by atoms with E-state index in [1.807, 2.05) is 24.3 Å². The van der Waals surface area contributed by atoms with Crippen LogP contribution < -0.4 is 5.32 Å². The van der Waals surface area contributed by atoms with Gasteiger partial charge in [-0.15, -0.1) is 0 Å². The Labute approximate surface area is 233 Å². The molecule has 0 radical (unpaired) electrons. The van der Waals surface area contributed by atoms with Gasteiger partial charge in [0.15, 0.2) is 23.2 Å². The number of para-hydroxylation sites is 1. The molecule has 2 aromatic carbocycles. The maximum Gasteiger partial charge on any atom is 0.167 e. The number of benzene rings is 2. The minimum atomic E-state index is -1.23. The van der Waals surface area contributed by atoms with Crippen LogP contribution in [-0.4, -0.2) is 70.9 Å². The Morgan fingerprint density at radius 3 is 2.67 bits per heavy atom. The molecule has 202 valence electrons. The number of nitrogens with one attached hydrogen (secondary N) is 1. The highest BCUT2D eigenvalue weighted by Crippen LogP contribution is 2.32. The molecule has 0 aliphatic carbocycles. The van der Waals surface area contributed by atoms with Crippen molar-refractivity contribution in [2.75, 3.05) is 18.5 Å². The lowest BCUT2D eigenvalue weighted by molar-refractivity contribution is -0.0511. The van der Waals surface area contributed by atoms with Gasteiger partial charge in [-0.2, -0.15) is 0 Å². The molecule has 1 aliphatic heterocycles. The summed E-state index contributed by atoms with van der Waals surface area (Å²) in [7, 11) is 0. The van der Waals surface area contributed by atoms with Gasteiger partial charge in [0.2, 0.25) is 0 Å². The number of hydrogen-bond donors (Lipinski definition) is 4. The normalized spacial score (nSPS) is 21.3. The number of fused-ring (bicyclic) bond motifs is 2. The lowest BCUT2D eigenvalue weighted by Gasteiger charge is -2.16. The lowest BCUT2D eigenvalue weighted by atomic mass is 10.1. The molecule has 10 nitrogen and oxygen atoms in total. The molecule has 39 heavy (non-hydrogen) atoms. The highest BCUT2D eigenvalue weighted by molar-refractivity contribution is 6.33. The Bertz CT molecular complexity index is 1640. The molecule has 0 amide bonds. The highest BCUT2D eigenvalue weighted by atomic mass is 35.5. The number of imidazole rings is 1. The second-order valence-electron chi connectivity index (χ2n) is 9.49. The van der Waals surface area contributed by atoms with Crippen molar-refractivity contribution in [1.82, 2.24) is 24.1 Å². The molecule has 0 unspecified atom stereocenters. The Balaban J connectivity index is 1.21. The number of aliphatic hydroxyl groups is 3. The van der Waals surface area contributed by atoms with Crippen LogP contribution in [0.3, 0.4) is 0 Å². The highest BCUT2D eigenvalue weighted by Gasteiger charge is 2.44. The van der Waals surface area contributed by atoms with Gasteiger partial charge in [-0.05, 0) is 41.8 Å². The van der Waals surface area contributed by atoms with E-state index in [1.165, 1.54) is 18.2 Å². The van der Waals surface area contributed by atoms with Gasteiger partial charge in [0.25, 0.3) is 0 Å². The summed E-state index contributed by atoms with van der Waals surface area (Å²) in [5.74, 6) is 0.542. The number of ether oxygens (including phenoxy) is 1. The summed E-state index contributed by atoms with van der Waals surface area (Å²) in [5.41, 5.74) is 4.16. The number of nitrogens with zero attached hydrogens (tertiary/aromatic N) is 5. The second kappa shape index (κ2) is 10.7. The van der Waals surface area contributed by atoms with Crippen molar-refractivity contribution in [2.24, 2.45) is 0 Å². The molecule has 1 fully saturated rings. The van der Waals surface area contributed by atoms with E-state index in [0.717, 1.165) is 22.9 Å². The molecular weight excluding hydrogens is 543 g/mol. The number of hydrogen-bond acceptors (Lipinski definition) is 8. The molecular formula is C27H26Cl2N6O4. The quantitative estimate of drug-likeness (QED) is 0.224. The molecule has 6 rings (SSSR count). The number of anilines is 1. The van der Waals surface area contributed by atoms with Gasteiger partial charge >= 0.3 is 0 Å². The summed E-state index contributed by atoms with van der Waals surface area (Å²) in [6.45, 7) is 0.767. The standard InChI is InChI=1S/C27H26Cl2N6O4/c28-17-5-6-19(29)16(9-17)11-34-10-15(18-3-1-2-4-20(18)34)7-8-30-25-22-26(32-13-31-25)35(14-33-22)27-24(38)23(37)21(12-36)39-27/h1-6,9-10,13-14,21,23-24,27,36-38H,7-8,11-12H2,(H,30,31,32)/t21-,23-,24-,27-/m1/s1. The van der Waals surface area contributed by atoms with E-state index >= 15 is 0 Å². The van der Waals surface area contributed by atoms with E-state index in [1.54, 1.807) is 10.6 Å². The van der Waals surface area contributed by atoms with Crippen molar-refractivity contribution in [3.63, 3.8) is 0 Å². The predicted molar refractivity (Wildman–Crippen MR) is 148 cm³/mol. The van der Waals surface area contributed by atoms with Crippen LogP contribution in [0.25, 0.3) is 22.1 Å². The Kier molecular flexibility index (Phi) is 7.15. The van der Waals surface area contributed by atoms with Gasteiger partial charge < -0.3 is 29.9 Å². The van der Waals surface area contributed by atoms with Gasteiger partial charge in [-0.3, -0.25) is 4.57 Å². The van der Waals surface area contributed by atoms with Gasteiger partial charge in [-0.25, -0.2) is 15.0 Å². The molecule has 0 bridgehead atoms. The van der Waals surface area contributed by atoms with E-state index in [4.69, 9.17) is 27.9 Å². The number of halogens is 2. The fourth-order valence-corrected chi connectivity index (χ4v) is 5.47. The van der Waals surface area contributed by atoms with Crippen LogP contribution in [0, 0.1) is 0 Å². The summed E-state index contributed by atoms with van der Waals surface area (Å²) in [4.78, 5) is 13.1. The van der Waals surface area contributed by atoms with Crippen molar-refractivity contribution in [2.45, 2.75) is 37.5 Å². The monoisotopic (exact) mass is 568 g/mol. The Hall–Kier alpha value is -3.25. The van der Waals surface area contributed by atoms with Crippen LogP contribution in [0.4, 0.5) is 5.82 Å². The molecule has 12 heteroatoms. The minimum absolute atomic E-state index is 0.411. The Morgan fingerprint density at radius 1 is 1.00 bits per heavy atom. The van der Waals surface area contributed by atoms with Crippen LogP contribution in [0.5, 0.6) is 0 Å². The zero-order valence-electron chi connectivity index (χ0n) is 20.7. The third-order valence-corrected chi connectivity index (χ3v) is 7.66. The fourth-order valence-electron chi connectivity index (χ4n) is 5.09. The van der Waals surface area contributed by atoms with E-state index in [2.05, 4.69) is 43.2 Å². The van der Waals surface area contributed by atoms with Gasteiger partial charge in [0.1, 0.15) is 24.6 Å². The number of aromatic nitrogens is 5.